The van der Waals surface area contributed by atoms with Crippen molar-refractivity contribution in [3.63, 3.8) is 0 Å². The van der Waals surface area contributed by atoms with Crippen LogP contribution in [0.25, 0.3) is 11.4 Å². The van der Waals surface area contributed by atoms with E-state index in [1.165, 1.54) is 16.8 Å². The lowest BCUT2D eigenvalue weighted by Gasteiger charge is -2.07. The van der Waals surface area contributed by atoms with Gasteiger partial charge in [-0.1, -0.05) is 51.5 Å². The summed E-state index contributed by atoms with van der Waals surface area (Å²) in [4.78, 5) is 12.0. The Morgan fingerprint density at radius 2 is 2.12 bits per heavy atom. The minimum atomic E-state index is -0.513. The molecular weight excluding hydrogens is 421 g/mol. The highest BCUT2D eigenvalue weighted by Crippen LogP contribution is 2.23. The lowest BCUT2D eigenvalue weighted by molar-refractivity contribution is -0.113. The van der Waals surface area contributed by atoms with Crippen molar-refractivity contribution < 1.29 is 9.18 Å². The minimum absolute atomic E-state index is 0.0264. The molecular formula is C17H15BrFN5OS. The third-order valence-electron chi connectivity index (χ3n) is 3.48. The van der Waals surface area contributed by atoms with Crippen LogP contribution in [0.1, 0.15) is 5.56 Å². The first-order valence-electron chi connectivity index (χ1n) is 7.59. The van der Waals surface area contributed by atoms with Gasteiger partial charge in [0.25, 0.3) is 0 Å². The van der Waals surface area contributed by atoms with Crippen molar-refractivity contribution in [3.05, 3.63) is 58.3 Å². The van der Waals surface area contributed by atoms with Crippen LogP contribution in [0.15, 0.2) is 52.1 Å². The first-order valence-corrected chi connectivity index (χ1v) is 9.37. The van der Waals surface area contributed by atoms with Gasteiger partial charge < -0.3 is 11.2 Å². The number of benzene rings is 2. The predicted molar refractivity (Wildman–Crippen MR) is 104 cm³/mol. The molecule has 0 spiro atoms. The van der Waals surface area contributed by atoms with E-state index >= 15 is 0 Å². The van der Waals surface area contributed by atoms with Crippen molar-refractivity contribution in [2.24, 2.45) is 0 Å². The van der Waals surface area contributed by atoms with E-state index in [9.17, 15) is 9.18 Å². The van der Waals surface area contributed by atoms with Gasteiger partial charge in [0.2, 0.25) is 11.1 Å². The first kappa shape index (κ1) is 18.4. The minimum Gasteiger partial charge on any atom is -0.335 e. The molecule has 2 aromatic carbocycles. The second-order valence-corrected chi connectivity index (χ2v) is 7.36. The number of nitrogen functional groups attached to an aromatic ring is 1. The molecule has 1 heterocycles. The molecule has 0 atom stereocenters. The number of aromatic nitrogens is 3. The van der Waals surface area contributed by atoms with Crippen LogP contribution < -0.4 is 11.2 Å². The third kappa shape index (κ3) is 4.23. The Labute approximate surface area is 162 Å². The summed E-state index contributed by atoms with van der Waals surface area (Å²) in [5.74, 6) is 5.70. The van der Waals surface area contributed by atoms with E-state index in [1.54, 1.807) is 6.07 Å². The van der Waals surface area contributed by atoms with Crippen molar-refractivity contribution in [1.82, 2.24) is 14.9 Å². The Morgan fingerprint density at radius 3 is 2.85 bits per heavy atom. The van der Waals surface area contributed by atoms with Gasteiger partial charge in [0.1, 0.15) is 5.82 Å². The SMILES string of the molecule is Cc1cccc(-c2nnc(SCC(=O)Nc3ccc(Br)cc3F)n2N)c1. The summed E-state index contributed by atoms with van der Waals surface area (Å²) in [6, 6.07) is 12.1. The molecule has 0 aliphatic rings. The maximum Gasteiger partial charge on any atom is 0.234 e. The Hall–Kier alpha value is -2.39. The zero-order valence-corrected chi connectivity index (χ0v) is 16.1. The second kappa shape index (κ2) is 7.88. The Bertz CT molecular complexity index is 962. The number of amides is 1. The number of nitrogens with zero attached hydrogens (tertiary/aromatic N) is 3. The molecule has 0 aliphatic carbocycles. The number of hydrogen-bond acceptors (Lipinski definition) is 5. The van der Waals surface area contributed by atoms with Gasteiger partial charge in [-0.2, -0.15) is 0 Å². The molecule has 3 N–H and O–H groups in total. The number of carbonyl (C=O) groups excluding carboxylic acids is 1. The van der Waals surface area contributed by atoms with Gasteiger partial charge in [0, 0.05) is 10.0 Å². The molecule has 6 nitrogen and oxygen atoms in total. The van der Waals surface area contributed by atoms with Crippen LogP contribution >= 0.6 is 27.7 Å². The molecule has 1 aromatic heterocycles. The molecule has 9 heteroatoms. The van der Waals surface area contributed by atoms with Gasteiger partial charge in [-0.15, -0.1) is 10.2 Å². The molecule has 26 heavy (non-hydrogen) atoms. The zero-order chi connectivity index (χ0) is 18.7. The van der Waals surface area contributed by atoms with Crippen LogP contribution in [-0.2, 0) is 4.79 Å². The highest BCUT2D eigenvalue weighted by molar-refractivity contribution is 9.10. The Balaban J connectivity index is 1.66. The predicted octanol–water partition coefficient (Wildman–Crippen LogP) is 3.60. The lowest BCUT2D eigenvalue weighted by atomic mass is 10.1. The Morgan fingerprint density at radius 1 is 1.31 bits per heavy atom. The monoisotopic (exact) mass is 435 g/mol. The smallest absolute Gasteiger partial charge is 0.234 e. The molecule has 0 fully saturated rings. The average Bonchev–Trinajstić information content (AvgIpc) is 2.96. The number of halogens is 2. The van der Waals surface area contributed by atoms with Crippen LogP contribution in [-0.4, -0.2) is 26.5 Å². The summed E-state index contributed by atoms with van der Waals surface area (Å²) in [5, 5.41) is 11.0. The van der Waals surface area contributed by atoms with Crippen molar-refractivity contribution >= 4 is 39.3 Å². The van der Waals surface area contributed by atoms with E-state index in [0.29, 0.717) is 15.5 Å². The number of rotatable bonds is 5. The maximum atomic E-state index is 13.8. The molecule has 0 aliphatic heterocycles. The van der Waals surface area contributed by atoms with Gasteiger partial charge in [-0.3, -0.25) is 4.79 Å². The molecule has 3 aromatic rings. The van der Waals surface area contributed by atoms with Crippen LogP contribution in [0.4, 0.5) is 10.1 Å². The average molecular weight is 436 g/mol. The topological polar surface area (TPSA) is 85.8 Å². The van der Waals surface area contributed by atoms with Crippen LogP contribution in [0.3, 0.4) is 0 Å². The maximum absolute atomic E-state index is 13.8. The van der Waals surface area contributed by atoms with E-state index in [4.69, 9.17) is 5.84 Å². The molecule has 0 bridgehead atoms. The van der Waals surface area contributed by atoms with Crippen LogP contribution in [0.5, 0.6) is 0 Å². The standard InChI is InChI=1S/C17H15BrFN5OS/c1-10-3-2-4-11(7-10)16-22-23-17(24(16)20)26-9-15(25)21-14-6-5-12(18)8-13(14)19/h2-8H,9,20H2,1H3,(H,21,25). The van der Waals surface area contributed by atoms with Gasteiger partial charge in [0.15, 0.2) is 5.82 Å². The number of thioether (sulfide) groups is 1. The summed E-state index contributed by atoms with van der Waals surface area (Å²) in [6.45, 7) is 1.97. The van der Waals surface area contributed by atoms with E-state index < -0.39 is 5.82 Å². The van der Waals surface area contributed by atoms with E-state index in [-0.39, 0.29) is 17.3 Å². The van der Waals surface area contributed by atoms with Gasteiger partial charge in [-0.05, 0) is 31.2 Å². The van der Waals surface area contributed by atoms with Gasteiger partial charge >= 0.3 is 0 Å². The van der Waals surface area contributed by atoms with Crippen molar-refractivity contribution in [3.8, 4) is 11.4 Å². The van der Waals surface area contributed by atoms with Crippen molar-refractivity contribution in [2.45, 2.75) is 12.1 Å². The molecule has 1 amide bonds. The highest BCUT2D eigenvalue weighted by atomic mass is 79.9. The number of aryl methyl sites for hydroxylation is 1. The summed E-state index contributed by atoms with van der Waals surface area (Å²) < 4.78 is 15.7. The number of nitrogens with one attached hydrogen (secondary N) is 1. The highest BCUT2D eigenvalue weighted by Gasteiger charge is 2.14. The molecule has 134 valence electrons. The summed E-state index contributed by atoms with van der Waals surface area (Å²) >= 11 is 4.29. The third-order valence-corrected chi connectivity index (χ3v) is 4.91. The fraction of sp³-hybridized carbons (Fsp3) is 0.118. The van der Waals surface area contributed by atoms with Crippen molar-refractivity contribution in [2.75, 3.05) is 16.9 Å². The van der Waals surface area contributed by atoms with E-state index in [2.05, 4.69) is 31.4 Å². The quantitative estimate of drug-likeness (QED) is 0.472. The summed E-state index contributed by atoms with van der Waals surface area (Å²) in [6.07, 6.45) is 0. The second-order valence-electron chi connectivity index (χ2n) is 5.51. The molecule has 0 radical (unpaired) electrons. The van der Waals surface area contributed by atoms with Crippen molar-refractivity contribution in [1.29, 1.82) is 0 Å². The van der Waals surface area contributed by atoms with Crippen LogP contribution in [0.2, 0.25) is 0 Å². The number of anilines is 1. The number of hydrogen-bond donors (Lipinski definition) is 2. The molecule has 0 saturated carbocycles. The van der Waals surface area contributed by atoms with Gasteiger partial charge in [0.05, 0.1) is 11.4 Å². The fourth-order valence-corrected chi connectivity index (χ4v) is 3.25. The normalized spacial score (nSPS) is 10.7. The lowest BCUT2D eigenvalue weighted by Crippen LogP contribution is -2.17. The van der Waals surface area contributed by atoms with E-state index in [1.807, 2.05) is 31.2 Å². The van der Waals surface area contributed by atoms with E-state index in [0.717, 1.165) is 22.9 Å². The number of nitrogens with two attached hydrogens (primary N) is 1. The zero-order valence-electron chi connectivity index (χ0n) is 13.7. The molecule has 0 saturated heterocycles. The molecule has 0 unspecified atom stereocenters. The van der Waals surface area contributed by atoms with Gasteiger partial charge in [-0.25, -0.2) is 9.07 Å². The first-order chi connectivity index (χ1) is 12.4. The van der Waals surface area contributed by atoms with Crippen LogP contribution in [0, 0.1) is 12.7 Å². The largest absolute Gasteiger partial charge is 0.335 e. The Kier molecular flexibility index (Phi) is 5.58. The summed E-state index contributed by atoms with van der Waals surface area (Å²) in [7, 11) is 0. The summed E-state index contributed by atoms with van der Waals surface area (Å²) in [5.41, 5.74) is 2.04. The fourth-order valence-electron chi connectivity index (χ4n) is 2.26. The molecule has 3 rings (SSSR count). The number of carbonyl (C=O) groups is 1.